The zero-order valence-electron chi connectivity index (χ0n) is 10.5. The summed E-state index contributed by atoms with van der Waals surface area (Å²) in [6.45, 7) is 4.19. The van der Waals surface area contributed by atoms with E-state index in [0.717, 1.165) is 5.56 Å². The van der Waals surface area contributed by atoms with Crippen molar-refractivity contribution in [2.24, 2.45) is 0 Å². The molecule has 0 radical (unpaired) electrons. The van der Waals surface area contributed by atoms with E-state index in [2.05, 4.69) is 19.9 Å². The first kappa shape index (κ1) is 13.3. The van der Waals surface area contributed by atoms with Crippen LogP contribution in [0.15, 0.2) is 29.4 Å². The van der Waals surface area contributed by atoms with Crippen LogP contribution in [0.5, 0.6) is 5.75 Å². The minimum atomic E-state index is -3.68. The zero-order chi connectivity index (χ0) is 13.9. The lowest BCUT2D eigenvalue weighted by Gasteiger charge is -2.09. The van der Waals surface area contributed by atoms with Gasteiger partial charge < -0.3 is 4.74 Å². The lowest BCUT2D eigenvalue weighted by Crippen LogP contribution is -2.14. The van der Waals surface area contributed by atoms with Gasteiger partial charge in [-0.1, -0.05) is 0 Å². The molecule has 0 bridgehead atoms. The lowest BCUT2D eigenvalue weighted by atomic mass is 10.2. The highest BCUT2D eigenvalue weighted by Crippen LogP contribution is 2.22. The van der Waals surface area contributed by atoms with Gasteiger partial charge >= 0.3 is 0 Å². The van der Waals surface area contributed by atoms with Gasteiger partial charge in [0.1, 0.15) is 12.1 Å². The maximum atomic E-state index is 12.1. The molecule has 8 heteroatoms. The van der Waals surface area contributed by atoms with Crippen molar-refractivity contribution >= 4 is 16.0 Å². The number of aromatic nitrogens is 3. The van der Waals surface area contributed by atoms with Crippen LogP contribution < -0.4 is 9.46 Å². The highest BCUT2D eigenvalue weighted by molar-refractivity contribution is 7.92. The number of anilines is 1. The molecule has 1 aromatic carbocycles. The van der Waals surface area contributed by atoms with Crippen molar-refractivity contribution in [2.45, 2.75) is 18.7 Å². The van der Waals surface area contributed by atoms with Gasteiger partial charge in [-0.2, -0.15) is 10.1 Å². The maximum Gasteiger partial charge on any atom is 0.264 e. The number of nitrogens with one attached hydrogen (secondary N) is 2. The van der Waals surface area contributed by atoms with Gasteiger partial charge in [0.25, 0.3) is 10.0 Å². The van der Waals surface area contributed by atoms with Crippen LogP contribution in [0.4, 0.5) is 5.95 Å². The molecule has 1 heterocycles. The summed E-state index contributed by atoms with van der Waals surface area (Å²) >= 11 is 0. The van der Waals surface area contributed by atoms with Crippen LogP contribution in [-0.2, 0) is 10.0 Å². The first-order chi connectivity index (χ1) is 9.03. The SMILES string of the molecule is CCOc1ccc(S(=O)(=O)Nc2ncn[nH]2)cc1C. The second-order valence-corrected chi connectivity index (χ2v) is 5.48. The topological polar surface area (TPSA) is 97.0 Å². The largest absolute Gasteiger partial charge is 0.494 e. The first-order valence-electron chi connectivity index (χ1n) is 5.64. The Bertz CT molecular complexity index is 653. The molecule has 2 rings (SSSR count). The van der Waals surface area contributed by atoms with E-state index in [1.165, 1.54) is 12.4 Å². The van der Waals surface area contributed by atoms with E-state index in [1.54, 1.807) is 19.1 Å². The average Bonchev–Trinajstić information content (AvgIpc) is 2.84. The van der Waals surface area contributed by atoms with E-state index in [-0.39, 0.29) is 10.8 Å². The minimum Gasteiger partial charge on any atom is -0.494 e. The second-order valence-electron chi connectivity index (χ2n) is 3.80. The molecule has 0 saturated heterocycles. The minimum absolute atomic E-state index is 0.0755. The number of hydrogen-bond acceptors (Lipinski definition) is 5. The molecule has 0 unspecified atom stereocenters. The number of aromatic amines is 1. The van der Waals surface area contributed by atoms with Gasteiger partial charge in [-0.25, -0.2) is 18.2 Å². The van der Waals surface area contributed by atoms with Crippen molar-refractivity contribution in [1.82, 2.24) is 15.2 Å². The Kier molecular flexibility index (Phi) is 3.70. The molecular weight excluding hydrogens is 268 g/mol. The van der Waals surface area contributed by atoms with Gasteiger partial charge in [0.05, 0.1) is 11.5 Å². The number of hydrogen-bond donors (Lipinski definition) is 2. The summed E-state index contributed by atoms with van der Waals surface area (Å²) in [4.78, 5) is 3.86. The average molecular weight is 282 g/mol. The fraction of sp³-hybridized carbons (Fsp3) is 0.273. The summed E-state index contributed by atoms with van der Waals surface area (Å²) in [5.74, 6) is 0.743. The van der Waals surface area contributed by atoms with Crippen molar-refractivity contribution in [3.63, 3.8) is 0 Å². The Morgan fingerprint density at radius 3 is 2.79 bits per heavy atom. The highest BCUT2D eigenvalue weighted by Gasteiger charge is 2.16. The molecule has 2 aromatic rings. The molecule has 0 aliphatic rings. The molecule has 0 spiro atoms. The number of rotatable bonds is 5. The maximum absolute atomic E-state index is 12.1. The summed E-state index contributed by atoms with van der Waals surface area (Å²) in [5.41, 5.74) is 0.752. The number of benzene rings is 1. The summed E-state index contributed by atoms with van der Waals surface area (Å²) in [7, 11) is -3.68. The van der Waals surface area contributed by atoms with Crippen LogP contribution in [0.1, 0.15) is 12.5 Å². The Hall–Kier alpha value is -2.09. The summed E-state index contributed by atoms with van der Waals surface area (Å²) in [5, 5.41) is 6.01. The van der Waals surface area contributed by atoms with Gasteiger partial charge in [0.15, 0.2) is 0 Å². The highest BCUT2D eigenvalue weighted by atomic mass is 32.2. The number of sulfonamides is 1. The molecule has 2 N–H and O–H groups in total. The molecule has 0 atom stereocenters. The molecule has 1 aromatic heterocycles. The Balaban J connectivity index is 2.28. The quantitative estimate of drug-likeness (QED) is 0.861. The van der Waals surface area contributed by atoms with Crippen LogP contribution >= 0.6 is 0 Å². The van der Waals surface area contributed by atoms with Crippen molar-refractivity contribution in [2.75, 3.05) is 11.3 Å². The van der Waals surface area contributed by atoms with Crippen LogP contribution in [0.3, 0.4) is 0 Å². The molecule has 7 nitrogen and oxygen atoms in total. The monoisotopic (exact) mass is 282 g/mol. The first-order valence-corrected chi connectivity index (χ1v) is 7.13. The molecule has 102 valence electrons. The Morgan fingerprint density at radius 1 is 1.42 bits per heavy atom. The number of aryl methyl sites for hydroxylation is 1. The van der Waals surface area contributed by atoms with Gasteiger partial charge in [-0.05, 0) is 37.6 Å². The molecule has 0 aliphatic heterocycles. The van der Waals surface area contributed by atoms with Crippen molar-refractivity contribution in [3.8, 4) is 5.75 Å². The van der Waals surface area contributed by atoms with Crippen molar-refractivity contribution in [1.29, 1.82) is 0 Å². The lowest BCUT2D eigenvalue weighted by molar-refractivity contribution is 0.337. The van der Waals surface area contributed by atoms with Gasteiger partial charge in [-0.15, -0.1) is 0 Å². The van der Waals surface area contributed by atoms with Gasteiger partial charge in [0.2, 0.25) is 5.95 Å². The Labute approximate surface area is 111 Å². The zero-order valence-corrected chi connectivity index (χ0v) is 11.4. The van der Waals surface area contributed by atoms with Gasteiger partial charge in [-0.3, -0.25) is 0 Å². The van der Waals surface area contributed by atoms with E-state index < -0.39 is 10.0 Å². The third kappa shape index (κ3) is 3.02. The van der Waals surface area contributed by atoms with Crippen LogP contribution in [-0.4, -0.2) is 30.2 Å². The summed E-state index contributed by atoms with van der Waals surface area (Å²) in [6.07, 6.45) is 1.22. The molecule has 0 saturated carbocycles. The number of ether oxygens (including phenoxy) is 1. The third-order valence-electron chi connectivity index (χ3n) is 2.40. The molecule has 0 aliphatic carbocycles. The van der Waals surface area contributed by atoms with Crippen LogP contribution in [0.2, 0.25) is 0 Å². The van der Waals surface area contributed by atoms with E-state index in [9.17, 15) is 8.42 Å². The fourth-order valence-electron chi connectivity index (χ4n) is 1.55. The van der Waals surface area contributed by atoms with E-state index >= 15 is 0 Å². The van der Waals surface area contributed by atoms with Crippen LogP contribution in [0.25, 0.3) is 0 Å². The fourth-order valence-corrected chi connectivity index (χ4v) is 2.60. The smallest absolute Gasteiger partial charge is 0.264 e. The molecule has 0 fully saturated rings. The van der Waals surface area contributed by atoms with Crippen LogP contribution in [0, 0.1) is 6.92 Å². The third-order valence-corrected chi connectivity index (χ3v) is 3.74. The predicted molar refractivity (Wildman–Crippen MR) is 69.5 cm³/mol. The predicted octanol–water partition coefficient (Wildman–Crippen LogP) is 1.31. The van der Waals surface area contributed by atoms with E-state index in [1.807, 2.05) is 6.92 Å². The normalized spacial score (nSPS) is 11.3. The number of H-pyrrole nitrogens is 1. The molecular formula is C11H14N4O3S. The molecule has 19 heavy (non-hydrogen) atoms. The van der Waals surface area contributed by atoms with Crippen molar-refractivity contribution < 1.29 is 13.2 Å². The van der Waals surface area contributed by atoms with E-state index in [0.29, 0.717) is 12.4 Å². The van der Waals surface area contributed by atoms with Gasteiger partial charge in [0, 0.05) is 0 Å². The Morgan fingerprint density at radius 2 is 2.21 bits per heavy atom. The van der Waals surface area contributed by atoms with E-state index in [4.69, 9.17) is 4.74 Å². The standard InChI is InChI=1S/C11H14N4O3S/c1-3-18-10-5-4-9(6-8(10)2)19(16,17)15-11-12-7-13-14-11/h4-7H,3H2,1-2H3,(H2,12,13,14,15). The summed E-state index contributed by atoms with van der Waals surface area (Å²) < 4.78 is 31.8. The summed E-state index contributed by atoms with van der Waals surface area (Å²) in [6, 6.07) is 4.66. The number of nitrogens with zero attached hydrogens (tertiary/aromatic N) is 2. The molecule has 0 amide bonds. The van der Waals surface area contributed by atoms with Crippen molar-refractivity contribution in [3.05, 3.63) is 30.1 Å². The second kappa shape index (κ2) is 5.27.